The summed E-state index contributed by atoms with van der Waals surface area (Å²) in [6, 6.07) is 19.0. The Bertz CT molecular complexity index is 669. The third kappa shape index (κ3) is 7.38. The van der Waals surface area contributed by atoms with Gasteiger partial charge in [0.2, 0.25) is 0 Å². The highest BCUT2D eigenvalue weighted by Crippen LogP contribution is 2.15. The van der Waals surface area contributed by atoms with Gasteiger partial charge in [-0.2, -0.15) is 0 Å². The zero-order valence-corrected chi connectivity index (χ0v) is 15.3. The molecule has 132 valence electrons. The van der Waals surface area contributed by atoms with Crippen molar-refractivity contribution in [3.63, 3.8) is 0 Å². The first-order valence-electron chi connectivity index (χ1n) is 9.13. The molecule has 2 rings (SSSR count). The minimum absolute atomic E-state index is 0.245. The molecule has 0 aromatic heterocycles. The van der Waals surface area contributed by atoms with Crippen molar-refractivity contribution in [3.05, 3.63) is 76.9 Å². The molecule has 2 nitrogen and oxygen atoms in total. The molecular formula is C23H28O2. The highest BCUT2D eigenvalue weighted by Gasteiger charge is 2.04. The summed E-state index contributed by atoms with van der Waals surface area (Å²) in [6.45, 7) is 4.01. The molecule has 0 N–H and O–H groups in total. The van der Waals surface area contributed by atoms with Gasteiger partial charge in [-0.1, -0.05) is 80.4 Å². The summed E-state index contributed by atoms with van der Waals surface area (Å²) in [4.78, 5) is 11.2. The molecule has 25 heavy (non-hydrogen) atoms. The standard InChI is InChI=1S/C23H28O2/c1-3-4-6-9-20-12-14-22(15-13-20)17-23(18-25-19(2)24)16-21-10-7-5-8-11-21/h5,7-8,10-15,17H,3-4,6,9,16,18H2,1-2H3/b23-17-. The Balaban J connectivity index is 2.07. The molecule has 0 saturated heterocycles. The van der Waals surface area contributed by atoms with Crippen LogP contribution < -0.4 is 0 Å². The second-order valence-electron chi connectivity index (χ2n) is 6.44. The van der Waals surface area contributed by atoms with Crippen LogP contribution in [0.3, 0.4) is 0 Å². The van der Waals surface area contributed by atoms with Crippen LogP contribution in [0, 0.1) is 0 Å². The fourth-order valence-corrected chi connectivity index (χ4v) is 2.79. The number of carbonyl (C=O) groups excluding carboxylic acids is 1. The van der Waals surface area contributed by atoms with E-state index in [4.69, 9.17) is 4.74 Å². The summed E-state index contributed by atoms with van der Waals surface area (Å²) in [5.41, 5.74) is 4.85. The molecule has 0 aliphatic heterocycles. The molecule has 0 unspecified atom stereocenters. The molecule has 0 bridgehead atoms. The summed E-state index contributed by atoms with van der Waals surface area (Å²) in [5, 5.41) is 0. The number of carbonyl (C=O) groups is 1. The van der Waals surface area contributed by atoms with Crippen LogP contribution in [0.1, 0.15) is 49.8 Å². The fraction of sp³-hybridized carbons (Fsp3) is 0.348. The van der Waals surface area contributed by atoms with Gasteiger partial charge in [-0.25, -0.2) is 0 Å². The van der Waals surface area contributed by atoms with Crippen molar-refractivity contribution in [2.75, 3.05) is 6.61 Å². The third-order valence-corrected chi connectivity index (χ3v) is 4.15. The monoisotopic (exact) mass is 336 g/mol. The largest absolute Gasteiger partial charge is 0.461 e. The van der Waals surface area contributed by atoms with Gasteiger partial charge in [0.05, 0.1) is 0 Å². The molecule has 0 saturated carbocycles. The van der Waals surface area contributed by atoms with Crippen LogP contribution in [0.5, 0.6) is 0 Å². The number of hydrogen-bond acceptors (Lipinski definition) is 2. The van der Waals surface area contributed by atoms with Crippen molar-refractivity contribution in [2.45, 2.75) is 46.0 Å². The molecule has 0 radical (unpaired) electrons. The Morgan fingerprint density at radius 1 is 0.960 bits per heavy atom. The third-order valence-electron chi connectivity index (χ3n) is 4.15. The van der Waals surface area contributed by atoms with Crippen molar-refractivity contribution < 1.29 is 9.53 Å². The summed E-state index contributed by atoms with van der Waals surface area (Å²) in [5.74, 6) is -0.245. The van der Waals surface area contributed by atoms with Gasteiger partial charge in [0.15, 0.2) is 0 Å². The molecule has 2 heteroatoms. The molecule has 0 heterocycles. The molecule has 2 aromatic carbocycles. The smallest absolute Gasteiger partial charge is 0.302 e. The predicted molar refractivity (Wildman–Crippen MR) is 104 cm³/mol. The molecular weight excluding hydrogens is 308 g/mol. The van der Waals surface area contributed by atoms with Crippen LogP contribution in [0.25, 0.3) is 6.08 Å². The second-order valence-corrected chi connectivity index (χ2v) is 6.44. The summed E-state index contributed by atoms with van der Waals surface area (Å²) < 4.78 is 5.23. The van der Waals surface area contributed by atoms with Crippen LogP contribution in [-0.4, -0.2) is 12.6 Å². The van der Waals surface area contributed by atoms with Gasteiger partial charge in [0.1, 0.15) is 6.61 Å². The van der Waals surface area contributed by atoms with E-state index < -0.39 is 0 Å². The molecule has 0 amide bonds. The summed E-state index contributed by atoms with van der Waals surface area (Å²) in [7, 11) is 0. The average Bonchev–Trinajstić information content (AvgIpc) is 2.62. The lowest BCUT2D eigenvalue weighted by Gasteiger charge is -2.09. The second kappa shape index (κ2) is 10.5. The number of rotatable bonds is 9. The van der Waals surface area contributed by atoms with Crippen molar-refractivity contribution in [3.8, 4) is 0 Å². The van der Waals surface area contributed by atoms with Crippen LogP contribution in [0.15, 0.2) is 60.2 Å². The van der Waals surface area contributed by atoms with Gasteiger partial charge in [0, 0.05) is 6.92 Å². The van der Waals surface area contributed by atoms with Crippen molar-refractivity contribution in [1.82, 2.24) is 0 Å². The SMILES string of the molecule is CCCCCc1ccc(/C=C(\COC(C)=O)Cc2ccccc2)cc1. The van der Waals surface area contributed by atoms with E-state index in [0.29, 0.717) is 6.61 Å². The van der Waals surface area contributed by atoms with Gasteiger partial charge < -0.3 is 4.74 Å². The minimum atomic E-state index is -0.245. The molecule has 0 fully saturated rings. The van der Waals surface area contributed by atoms with Gasteiger partial charge >= 0.3 is 5.97 Å². The fourth-order valence-electron chi connectivity index (χ4n) is 2.79. The van der Waals surface area contributed by atoms with Crippen LogP contribution in [0.2, 0.25) is 0 Å². The summed E-state index contributed by atoms with van der Waals surface area (Å²) in [6.07, 6.45) is 7.84. The van der Waals surface area contributed by atoms with Gasteiger partial charge in [-0.05, 0) is 41.5 Å². The van der Waals surface area contributed by atoms with Gasteiger partial charge in [-0.15, -0.1) is 0 Å². The van der Waals surface area contributed by atoms with Crippen LogP contribution in [-0.2, 0) is 22.4 Å². The van der Waals surface area contributed by atoms with Crippen LogP contribution in [0.4, 0.5) is 0 Å². The lowest BCUT2D eigenvalue weighted by molar-refractivity contribution is -0.139. The maximum absolute atomic E-state index is 11.2. The number of esters is 1. The Labute approximate surface area is 151 Å². The molecule has 0 atom stereocenters. The molecule has 0 spiro atoms. The number of benzene rings is 2. The van der Waals surface area contributed by atoms with Crippen molar-refractivity contribution >= 4 is 12.0 Å². The molecule has 0 aliphatic rings. The van der Waals surface area contributed by atoms with Crippen molar-refractivity contribution in [2.24, 2.45) is 0 Å². The van der Waals surface area contributed by atoms with Crippen molar-refractivity contribution in [1.29, 1.82) is 0 Å². The molecule has 2 aromatic rings. The quantitative estimate of drug-likeness (QED) is 0.439. The highest BCUT2D eigenvalue weighted by molar-refractivity contribution is 5.66. The zero-order valence-electron chi connectivity index (χ0n) is 15.3. The van der Waals surface area contributed by atoms with Gasteiger partial charge in [-0.3, -0.25) is 4.79 Å². The Morgan fingerprint density at radius 2 is 1.68 bits per heavy atom. The number of aryl methyl sites for hydroxylation is 1. The van der Waals surface area contributed by atoms with E-state index in [1.165, 1.54) is 37.3 Å². The van der Waals surface area contributed by atoms with E-state index in [9.17, 15) is 4.79 Å². The van der Waals surface area contributed by atoms with E-state index in [2.05, 4.69) is 49.4 Å². The summed E-state index contributed by atoms with van der Waals surface area (Å²) >= 11 is 0. The van der Waals surface area contributed by atoms with Crippen LogP contribution >= 0.6 is 0 Å². The Hall–Kier alpha value is -2.35. The lowest BCUT2D eigenvalue weighted by Crippen LogP contribution is -2.05. The Kier molecular flexibility index (Phi) is 7.97. The van der Waals surface area contributed by atoms with E-state index in [1.54, 1.807) is 0 Å². The van der Waals surface area contributed by atoms with Gasteiger partial charge in [0.25, 0.3) is 0 Å². The first kappa shape index (κ1) is 19.0. The normalized spacial score (nSPS) is 11.4. The van der Waals surface area contributed by atoms with E-state index in [0.717, 1.165) is 24.0 Å². The van der Waals surface area contributed by atoms with E-state index in [1.807, 2.05) is 18.2 Å². The maximum atomic E-state index is 11.2. The highest BCUT2D eigenvalue weighted by atomic mass is 16.5. The first-order valence-corrected chi connectivity index (χ1v) is 9.13. The van der Waals surface area contributed by atoms with E-state index >= 15 is 0 Å². The zero-order chi connectivity index (χ0) is 17.9. The minimum Gasteiger partial charge on any atom is -0.461 e. The first-order chi connectivity index (χ1) is 12.2. The topological polar surface area (TPSA) is 26.3 Å². The van der Waals surface area contributed by atoms with E-state index in [-0.39, 0.29) is 5.97 Å². The predicted octanol–water partition coefficient (Wildman–Crippen LogP) is 5.61. The maximum Gasteiger partial charge on any atom is 0.302 e. The molecule has 0 aliphatic carbocycles. The lowest BCUT2D eigenvalue weighted by atomic mass is 10.0. The number of ether oxygens (including phenoxy) is 1. The average molecular weight is 336 g/mol. The number of hydrogen-bond donors (Lipinski definition) is 0. The number of unbranched alkanes of at least 4 members (excludes halogenated alkanes) is 2. The Morgan fingerprint density at radius 3 is 2.32 bits per heavy atom.